The van der Waals surface area contributed by atoms with Crippen molar-refractivity contribution in [3.63, 3.8) is 0 Å². The van der Waals surface area contributed by atoms with Crippen LogP contribution in [-0.4, -0.2) is 7.05 Å². The van der Waals surface area contributed by atoms with Crippen molar-refractivity contribution in [2.45, 2.75) is 26.5 Å². The van der Waals surface area contributed by atoms with Crippen LogP contribution in [0, 0.1) is 12.7 Å². The Bertz CT molecular complexity index is 566. The van der Waals surface area contributed by atoms with E-state index in [0.29, 0.717) is 6.61 Å². The molecule has 0 bridgehead atoms. The average molecular weight is 273 g/mol. The molecule has 0 radical (unpaired) electrons. The van der Waals surface area contributed by atoms with Crippen LogP contribution in [0.2, 0.25) is 0 Å². The minimum atomic E-state index is -0.228. The molecule has 0 amide bonds. The Kier molecular flexibility index (Phi) is 4.74. The Morgan fingerprint density at radius 1 is 1.15 bits per heavy atom. The van der Waals surface area contributed by atoms with E-state index in [4.69, 9.17) is 4.74 Å². The molecule has 2 aromatic rings. The van der Waals surface area contributed by atoms with Crippen molar-refractivity contribution in [2.75, 3.05) is 7.05 Å². The molecule has 2 aromatic carbocycles. The van der Waals surface area contributed by atoms with E-state index in [2.05, 4.69) is 24.4 Å². The fourth-order valence-corrected chi connectivity index (χ4v) is 2.02. The van der Waals surface area contributed by atoms with Gasteiger partial charge >= 0.3 is 0 Å². The van der Waals surface area contributed by atoms with Gasteiger partial charge in [0.1, 0.15) is 18.2 Å². The van der Waals surface area contributed by atoms with Crippen LogP contribution >= 0.6 is 0 Å². The Morgan fingerprint density at radius 3 is 2.50 bits per heavy atom. The van der Waals surface area contributed by atoms with E-state index >= 15 is 0 Å². The molecule has 20 heavy (non-hydrogen) atoms. The SMILES string of the molecule is CNC(C)c1ccc(C)cc1OCc1ccc(F)cc1. The molecule has 0 saturated carbocycles. The number of aryl methyl sites for hydroxylation is 1. The monoisotopic (exact) mass is 273 g/mol. The van der Waals surface area contributed by atoms with E-state index in [1.807, 2.05) is 20.0 Å². The summed E-state index contributed by atoms with van der Waals surface area (Å²) in [5.41, 5.74) is 3.24. The standard InChI is InChI=1S/C17H20FNO/c1-12-4-9-16(13(2)19-3)17(10-12)20-11-14-5-7-15(18)8-6-14/h4-10,13,19H,11H2,1-3H3. The van der Waals surface area contributed by atoms with Gasteiger partial charge in [-0.3, -0.25) is 0 Å². The molecule has 0 heterocycles. The summed E-state index contributed by atoms with van der Waals surface area (Å²) in [6.45, 7) is 4.57. The summed E-state index contributed by atoms with van der Waals surface area (Å²) in [6.07, 6.45) is 0. The van der Waals surface area contributed by atoms with Gasteiger partial charge in [0.25, 0.3) is 0 Å². The number of rotatable bonds is 5. The van der Waals surface area contributed by atoms with E-state index in [-0.39, 0.29) is 11.9 Å². The molecule has 1 N–H and O–H groups in total. The second kappa shape index (κ2) is 6.53. The zero-order valence-corrected chi connectivity index (χ0v) is 12.1. The molecule has 0 saturated heterocycles. The molecular weight excluding hydrogens is 253 g/mol. The maximum atomic E-state index is 12.9. The van der Waals surface area contributed by atoms with Gasteiger partial charge in [-0.05, 0) is 50.2 Å². The highest BCUT2D eigenvalue weighted by Gasteiger charge is 2.10. The zero-order valence-electron chi connectivity index (χ0n) is 12.1. The van der Waals surface area contributed by atoms with Gasteiger partial charge in [-0.1, -0.05) is 24.3 Å². The van der Waals surface area contributed by atoms with Crippen LogP contribution in [0.3, 0.4) is 0 Å². The Labute approximate surface area is 119 Å². The van der Waals surface area contributed by atoms with Gasteiger partial charge in [-0.2, -0.15) is 0 Å². The highest BCUT2D eigenvalue weighted by atomic mass is 19.1. The summed E-state index contributed by atoms with van der Waals surface area (Å²) < 4.78 is 18.8. The molecule has 2 nitrogen and oxygen atoms in total. The van der Waals surface area contributed by atoms with Crippen LogP contribution in [0.5, 0.6) is 5.75 Å². The molecule has 0 aliphatic heterocycles. The lowest BCUT2D eigenvalue weighted by molar-refractivity contribution is 0.300. The third kappa shape index (κ3) is 3.58. The van der Waals surface area contributed by atoms with Crippen molar-refractivity contribution >= 4 is 0 Å². The predicted molar refractivity (Wildman–Crippen MR) is 79.4 cm³/mol. The third-order valence-electron chi connectivity index (χ3n) is 3.38. The van der Waals surface area contributed by atoms with Crippen LogP contribution < -0.4 is 10.1 Å². The van der Waals surface area contributed by atoms with Crippen molar-refractivity contribution in [3.8, 4) is 5.75 Å². The van der Waals surface area contributed by atoms with Gasteiger partial charge in [0.2, 0.25) is 0 Å². The smallest absolute Gasteiger partial charge is 0.124 e. The maximum Gasteiger partial charge on any atom is 0.124 e. The van der Waals surface area contributed by atoms with Crippen LogP contribution in [0.1, 0.15) is 29.7 Å². The van der Waals surface area contributed by atoms with Crippen molar-refractivity contribution < 1.29 is 9.13 Å². The second-order valence-corrected chi connectivity index (χ2v) is 4.97. The average Bonchev–Trinajstić information content (AvgIpc) is 2.46. The lowest BCUT2D eigenvalue weighted by Gasteiger charge is -2.17. The first kappa shape index (κ1) is 14.5. The van der Waals surface area contributed by atoms with Crippen LogP contribution in [0.25, 0.3) is 0 Å². The highest BCUT2D eigenvalue weighted by Crippen LogP contribution is 2.27. The molecule has 2 rings (SSSR count). The quantitative estimate of drug-likeness (QED) is 0.889. The van der Waals surface area contributed by atoms with Crippen molar-refractivity contribution in [1.29, 1.82) is 0 Å². The number of hydrogen-bond acceptors (Lipinski definition) is 2. The Morgan fingerprint density at radius 2 is 1.85 bits per heavy atom. The molecule has 0 aromatic heterocycles. The Balaban J connectivity index is 2.15. The highest BCUT2D eigenvalue weighted by molar-refractivity contribution is 5.39. The van der Waals surface area contributed by atoms with Gasteiger partial charge in [-0.25, -0.2) is 4.39 Å². The summed E-state index contributed by atoms with van der Waals surface area (Å²) >= 11 is 0. The topological polar surface area (TPSA) is 21.3 Å². The number of halogens is 1. The summed E-state index contributed by atoms with van der Waals surface area (Å²) in [7, 11) is 1.92. The van der Waals surface area contributed by atoms with Crippen LogP contribution in [0.4, 0.5) is 4.39 Å². The molecular formula is C17H20FNO. The summed E-state index contributed by atoms with van der Waals surface area (Å²) in [6, 6.07) is 12.8. The van der Waals surface area contributed by atoms with Gasteiger partial charge in [0, 0.05) is 11.6 Å². The van der Waals surface area contributed by atoms with E-state index < -0.39 is 0 Å². The molecule has 0 aliphatic carbocycles. The number of benzene rings is 2. The van der Waals surface area contributed by atoms with E-state index in [9.17, 15) is 4.39 Å². The minimum absolute atomic E-state index is 0.221. The molecule has 3 heteroatoms. The third-order valence-corrected chi connectivity index (χ3v) is 3.38. The van der Waals surface area contributed by atoms with Crippen molar-refractivity contribution in [2.24, 2.45) is 0 Å². The molecule has 106 valence electrons. The number of nitrogens with one attached hydrogen (secondary N) is 1. The summed E-state index contributed by atoms with van der Waals surface area (Å²) in [5.74, 6) is 0.643. The maximum absolute atomic E-state index is 12.9. The number of hydrogen-bond donors (Lipinski definition) is 1. The van der Waals surface area contributed by atoms with Crippen LogP contribution in [-0.2, 0) is 6.61 Å². The minimum Gasteiger partial charge on any atom is -0.489 e. The second-order valence-electron chi connectivity index (χ2n) is 4.97. The van der Waals surface area contributed by atoms with Gasteiger partial charge in [-0.15, -0.1) is 0 Å². The van der Waals surface area contributed by atoms with Crippen molar-refractivity contribution in [3.05, 3.63) is 65.0 Å². The molecule has 0 aliphatic rings. The first-order valence-corrected chi connectivity index (χ1v) is 6.75. The van der Waals surface area contributed by atoms with E-state index in [1.165, 1.54) is 12.1 Å². The summed E-state index contributed by atoms with van der Waals surface area (Å²) in [4.78, 5) is 0. The lowest BCUT2D eigenvalue weighted by Crippen LogP contribution is -2.14. The fraction of sp³-hybridized carbons (Fsp3) is 0.294. The van der Waals surface area contributed by atoms with Crippen LogP contribution in [0.15, 0.2) is 42.5 Å². The molecule has 0 spiro atoms. The zero-order chi connectivity index (χ0) is 14.5. The summed E-state index contributed by atoms with van der Waals surface area (Å²) in [5, 5.41) is 3.22. The number of ether oxygens (including phenoxy) is 1. The first-order chi connectivity index (χ1) is 9.60. The largest absolute Gasteiger partial charge is 0.489 e. The molecule has 0 fully saturated rings. The van der Waals surface area contributed by atoms with Crippen molar-refractivity contribution in [1.82, 2.24) is 5.32 Å². The van der Waals surface area contributed by atoms with Gasteiger partial charge in [0.15, 0.2) is 0 Å². The first-order valence-electron chi connectivity index (χ1n) is 6.75. The Hall–Kier alpha value is -1.87. The molecule has 1 atom stereocenters. The van der Waals surface area contributed by atoms with Gasteiger partial charge < -0.3 is 10.1 Å². The lowest BCUT2D eigenvalue weighted by atomic mass is 10.1. The van der Waals surface area contributed by atoms with Gasteiger partial charge in [0.05, 0.1) is 0 Å². The molecule has 1 unspecified atom stereocenters. The fourth-order valence-electron chi connectivity index (χ4n) is 2.02. The van der Waals surface area contributed by atoms with E-state index in [0.717, 1.165) is 22.4 Å². The predicted octanol–water partition coefficient (Wildman–Crippen LogP) is 3.99. The normalized spacial score (nSPS) is 12.2. The van der Waals surface area contributed by atoms with E-state index in [1.54, 1.807) is 12.1 Å².